The molecule has 0 fully saturated rings. The molecule has 0 aromatic rings. The van der Waals surface area contributed by atoms with Gasteiger partial charge in [-0.25, -0.2) is 4.79 Å². The Morgan fingerprint density at radius 2 is 1.87 bits per heavy atom. The van der Waals surface area contributed by atoms with Gasteiger partial charge in [-0.15, -0.1) is 0 Å². The molecule has 0 saturated carbocycles. The molecule has 0 aliphatic heterocycles. The van der Waals surface area contributed by atoms with Gasteiger partial charge >= 0.3 is 6.03 Å². The van der Waals surface area contributed by atoms with Crippen LogP contribution in [-0.2, 0) is 0 Å². The van der Waals surface area contributed by atoms with Gasteiger partial charge < -0.3 is 15.5 Å². The summed E-state index contributed by atoms with van der Waals surface area (Å²) in [6.45, 7) is 9.82. The number of hydrogen-bond acceptors (Lipinski definition) is 2. The fraction of sp³-hybridized carbons (Fsp3) is 0.909. The smallest absolute Gasteiger partial charge is 0.315 e. The third-order valence-corrected chi connectivity index (χ3v) is 1.89. The zero-order valence-corrected chi connectivity index (χ0v) is 10.8. The van der Waals surface area contributed by atoms with Crippen LogP contribution >= 0.6 is 0 Å². The molecule has 0 aromatic heterocycles. The van der Waals surface area contributed by atoms with E-state index in [1.165, 1.54) is 0 Å². The van der Waals surface area contributed by atoms with E-state index < -0.39 is 0 Å². The Kier molecular flexibility index (Phi) is 5.65. The number of amides is 2. The van der Waals surface area contributed by atoms with Crippen molar-refractivity contribution in [1.29, 1.82) is 0 Å². The van der Waals surface area contributed by atoms with Gasteiger partial charge in [-0.3, -0.25) is 0 Å². The molecular formula is C11H25N3O. The highest BCUT2D eigenvalue weighted by Crippen LogP contribution is 2.13. The summed E-state index contributed by atoms with van der Waals surface area (Å²) in [6, 6.07) is 0.0961. The van der Waals surface area contributed by atoms with Crippen molar-refractivity contribution < 1.29 is 4.79 Å². The predicted octanol–water partition coefficient (Wildman–Crippen LogP) is 1.28. The number of rotatable bonds is 5. The van der Waals surface area contributed by atoms with Gasteiger partial charge in [0, 0.05) is 19.1 Å². The van der Waals surface area contributed by atoms with Crippen LogP contribution in [0.2, 0.25) is 0 Å². The highest BCUT2D eigenvalue weighted by atomic mass is 16.2. The van der Waals surface area contributed by atoms with Crippen LogP contribution in [0.1, 0.15) is 27.7 Å². The molecule has 0 unspecified atom stereocenters. The Balaban J connectivity index is 3.87. The van der Waals surface area contributed by atoms with E-state index in [0.29, 0.717) is 6.54 Å². The molecule has 0 spiro atoms. The van der Waals surface area contributed by atoms with Gasteiger partial charge in [0.15, 0.2) is 0 Å². The van der Waals surface area contributed by atoms with E-state index in [2.05, 4.69) is 29.4 Å². The molecule has 4 nitrogen and oxygen atoms in total. The van der Waals surface area contributed by atoms with E-state index in [-0.39, 0.29) is 17.5 Å². The molecule has 0 atom stereocenters. The molecule has 0 aliphatic rings. The van der Waals surface area contributed by atoms with E-state index in [4.69, 9.17) is 0 Å². The number of urea groups is 1. The molecule has 2 amide bonds. The normalized spacial score (nSPS) is 12.0. The average molecular weight is 215 g/mol. The maximum Gasteiger partial charge on any atom is 0.315 e. The van der Waals surface area contributed by atoms with Crippen molar-refractivity contribution in [3.8, 4) is 0 Å². The lowest BCUT2D eigenvalue weighted by Gasteiger charge is -2.28. The third kappa shape index (κ3) is 8.24. The summed E-state index contributed by atoms with van der Waals surface area (Å²) in [5, 5.41) is 5.69. The van der Waals surface area contributed by atoms with E-state index in [1.54, 1.807) is 0 Å². The van der Waals surface area contributed by atoms with Crippen LogP contribution in [-0.4, -0.2) is 44.2 Å². The molecule has 90 valence electrons. The second-order valence-corrected chi connectivity index (χ2v) is 5.38. The largest absolute Gasteiger partial charge is 0.338 e. The van der Waals surface area contributed by atoms with E-state index in [9.17, 15) is 4.79 Å². The minimum atomic E-state index is -0.0863. The van der Waals surface area contributed by atoms with Gasteiger partial charge in [0.05, 0.1) is 0 Å². The molecule has 15 heavy (non-hydrogen) atoms. The Hall–Kier alpha value is -0.770. The second-order valence-electron chi connectivity index (χ2n) is 5.38. The molecule has 4 heteroatoms. The van der Waals surface area contributed by atoms with Crippen molar-refractivity contribution in [2.24, 2.45) is 5.41 Å². The number of nitrogens with one attached hydrogen (secondary N) is 2. The highest BCUT2D eigenvalue weighted by molar-refractivity contribution is 5.74. The highest BCUT2D eigenvalue weighted by Gasteiger charge is 2.19. The number of nitrogens with zero attached hydrogens (tertiary/aromatic N) is 1. The molecule has 0 bridgehead atoms. The summed E-state index contributed by atoms with van der Waals surface area (Å²) in [7, 11) is 4.08. The molecule has 0 heterocycles. The third-order valence-electron chi connectivity index (χ3n) is 1.89. The van der Waals surface area contributed by atoms with Gasteiger partial charge in [0.2, 0.25) is 0 Å². The van der Waals surface area contributed by atoms with Crippen molar-refractivity contribution in [1.82, 2.24) is 15.5 Å². The number of carbonyl (C=O) groups is 1. The summed E-state index contributed by atoms with van der Waals surface area (Å²) >= 11 is 0. The lowest BCUT2D eigenvalue weighted by Crippen LogP contribution is -2.45. The summed E-state index contributed by atoms with van der Waals surface area (Å²) in [5.41, 5.74) is 0.0951. The van der Waals surface area contributed by atoms with E-state index >= 15 is 0 Å². The summed E-state index contributed by atoms with van der Waals surface area (Å²) in [4.78, 5) is 13.5. The molecule has 0 aromatic carbocycles. The minimum absolute atomic E-state index is 0.0863. The van der Waals surface area contributed by atoms with Crippen LogP contribution in [0.3, 0.4) is 0 Å². The van der Waals surface area contributed by atoms with Crippen molar-refractivity contribution in [2.75, 3.05) is 27.2 Å². The number of carbonyl (C=O) groups excluding carboxylic acids is 1. The standard InChI is InChI=1S/C11H25N3O/c1-9(2)13-10(15)12-7-11(3,4)8-14(5)6/h9H,7-8H2,1-6H3,(H2,12,13,15). The Bertz CT molecular complexity index is 200. The molecule has 0 rings (SSSR count). The SMILES string of the molecule is CC(C)NC(=O)NCC(C)(C)CN(C)C. The number of hydrogen-bond donors (Lipinski definition) is 2. The quantitative estimate of drug-likeness (QED) is 0.725. The van der Waals surface area contributed by atoms with Crippen molar-refractivity contribution in [3.63, 3.8) is 0 Å². The second kappa shape index (κ2) is 5.95. The van der Waals surface area contributed by atoms with Crippen LogP contribution in [0.25, 0.3) is 0 Å². The van der Waals surface area contributed by atoms with Crippen LogP contribution in [0.5, 0.6) is 0 Å². The van der Waals surface area contributed by atoms with E-state index in [0.717, 1.165) is 6.54 Å². The Morgan fingerprint density at radius 3 is 2.27 bits per heavy atom. The topological polar surface area (TPSA) is 44.4 Å². The predicted molar refractivity (Wildman–Crippen MR) is 64.0 cm³/mol. The van der Waals surface area contributed by atoms with Gasteiger partial charge in [-0.2, -0.15) is 0 Å². The van der Waals surface area contributed by atoms with Crippen LogP contribution in [0, 0.1) is 5.41 Å². The first-order chi connectivity index (χ1) is 6.73. The Morgan fingerprint density at radius 1 is 1.33 bits per heavy atom. The van der Waals surface area contributed by atoms with Crippen molar-refractivity contribution >= 4 is 6.03 Å². The summed E-state index contributed by atoms with van der Waals surface area (Å²) < 4.78 is 0. The first-order valence-electron chi connectivity index (χ1n) is 5.42. The fourth-order valence-electron chi connectivity index (χ4n) is 1.54. The van der Waals surface area contributed by atoms with Crippen molar-refractivity contribution in [2.45, 2.75) is 33.7 Å². The van der Waals surface area contributed by atoms with Crippen molar-refractivity contribution in [3.05, 3.63) is 0 Å². The zero-order chi connectivity index (χ0) is 12.1. The molecule has 0 aliphatic carbocycles. The fourth-order valence-corrected chi connectivity index (χ4v) is 1.54. The van der Waals surface area contributed by atoms with Crippen LogP contribution in [0.15, 0.2) is 0 Å². The average Bonchev–Trinajstić information content (AvgIpc) is 1.97. The van der Waals surface area contributed by atoms with E-state index in [1.807, 2.05) is 27.9 Å². The maximum atomic E-state index is 11.4. The van der Waals surface area contributed by atoms with Gasteiger partial charge in [-0.05, 0) is 33.4 Å². The Labute approximate surface area is 93.4 Å². The molecule has 2 N–H and O–H groups in total. The van der Waals surface area contributed by atoms with Gasteiger partial charge in [0.25, 0.3) is 0 Å². The molecular weight excluding hydrogens is 190 g/mol. The minimum Gasteiger partial charge on any atom is -0.338 e. The first kappa shape index (κ1) is 14.2. The van der Waals surface area contributed by atoms with Crippen LogP contribution in [0.4, 0.5) is 4.79 Å². The monoisotopic (exact) mass is 215 g/mol. The summed E-state index contributed by atoms with van der Waals surface area (Å²) in [5.74, 6) is 0. The summed E-state index contributed by atoms with van der Waals surface area (Å²) in [6.07, 6.45) is 0. The van der Waals surface area contributed by atoms with Crippen LogP contribution < -0.4 is 10.6 Å². The zero-order valence-electron chi connectivity index (χ0n) is 10.8. The lowest BCUT2D eigenvalue weighted by atomic mass is 9.93. The van der Waals surface area contributed by atoms with Gasteiger partial charge in [0.1, 0.15) is 0 Å². The molecule has 0 saturated heterocycles. The molecule has 0 radical (unpaired) electrons. The maximum absolute atomic E-state index is 11.4. The lowest BCUT2D eigenvalue weighted by molar-refractivity contribution is 0.214. The van der Waals surface area contributed by atoms with Gasteiger partial charge in [-0.1, -0.05) is 13.8 Å². The first-order valence-corrected chi connectivity index (χ1v) is 5.42.